The lowest BCUT2D eigenvalue weighted by Gasteiger charge is -2.50. The van der Waals surface area contributed by atoms with Gasteiger partial charge >= 0.3 is 24.7 Å². The minimum Gasteiger partial charge on any atom is -0.370 e. The van der Waals surface area contributed by atoms with Crippen LogP contribution in [0.2, 0.25) is 0 Å². The van der Waals surface area contributed by atoms with Crippen LogP contribution in [0.15, 0.2) is 25.3 Å². The maximum absolute atomic E-state index is 13.7. The van der Waals surface area contributed by atoms with Gasteiger partial charge in [0.05, 0.1) is 13.2 Å². The number of alkyl halides is 12. The third-order valence-corrected chi connectivity index (χ3v) is 5.35. The monoisotopic (exact) mass is 510 g/mol. The van der Waals surface area contributed by atoms with Crippen LogP contribution in [0.25, 0.3) is 0 Å². The van der Waals surface area contributed by atoms with E-state index in [1.54, 1.807) is 0 Å². The topological polar surface area (TPSA) is 34.3 Å². The Morgan fingerprint density at radius 2 is 0.879 bits per heavy atom. The van der Waals surface area contributed by atoms with Crippen molar-refractivity contribution in [3.8, 4) is 0 Å². The van der Waals surface area contributed by atoms with Gasteiger partial charge in [-0.25, -0.2) is 0 Å². The van der Waals surface area contributed by atoms with Crippen LogP contribution in [-0.2, 0) is 14.2 Å². The van der Waals surface area contributed by atoms with Gasteiger partial charge in [0.1, 0.15) is 23.4 Å². The highest BCUT2D eigenvalue weighted by atomic mass is 19.4. The van der Waals surface area contributed by atoms with Crippen molar-refractivity contribution < 1.29 is 66.9 Å². The number of halogens is 12. The number of ether oxygens (including phenoxy) is 3. The molecule has 4 atom stereocenters. The molecule has 2 heterocycles. The molecule has 0 radical (unpaired) electrons. The van der Waals surface area contributed by atoms with Gasteiger partial charge in [-0.05, 0) is 12.8 Å². The van der Waals surface area contributed by atoms with Crippen molar-refractivity contribution in [1.29, 1.82) is 0 Å². The number of epoxide rings is 2. The standard InChI is InChI=1S/C18H18F12O3/c1-3-5-13(9-7-31-9,11(15(19,20)21)16(22,23)24)33-14(6-4-2,10-8-32-10)12(17(25,26)27)18(28,29)30/h3-4,9-12H,1-2,5-8H2. The molecule has 0 amide bonds. The van der Waals surface area contributed by atoms with Crippen LogP contribution in [0.1, 0.15) is 12.8 Å². The zero-order chi connectivity index (χ0) is 25.7. The molecule has 2 aliphatic heterocycles. The Kier molecular flexibility index (Phi) is 7.26. The fraction of sp³-hybridized carbons (Fsp3) is 0.778. The Labute approximate surface area is 179 Å². The lowest BCUT2D eigenvalue weighted by Crippen LogP contribution is -2.67. The maximum Gasteiger partial charge on any atom is 0.403 e. The van der Waals surface area contributed by atoms with Gasteiger partial charge in [0.15, 0.2) is 11.8 Å². The molecule has 0 aromatic heterocycles. The Morgan fingerprint density at radius 1 is 0.636 bits per heavy atom. The summed E-state index contributed by atoms with van der Waals surface area (Å²) in [6, 6.07) is 0. The van der Waals surface area contributed by atoms with E-state index in [4.69, 9.17) is 4.74 Å². The van der Waals surface area contributed by atoms with Gasteiger partial charge in [-0.3, -0.25) is 0 Å². The molecule has 0 aromatic rings. The second-order valence-corrected chi connectivity index (χ2v) is 7.67. The van der Waals surface area contributed by atoms with Gasteiger partial charge in [0, 0.05) is 0 Å². The smallest absolute Gasteiger partial charge is 0.370 e. The first-order valence-corrected chi connectivity index (χ1v) is 9.19. The lowest BCUT2D eigenvalue weighted by atomic mass is 9.75. The molecule has 192 valence electrons. The van der Waals surface area contributed by atoms with Crippen LogP contribution in [0.3, 0.4) is 0 Å². The lowest BCUT2D eigenvalue weighted by molar-refractivity contribution is -0.386. The molecular weight excluding hydrogens is 492 g/mol. The van der Waals surface area contributed by atoms with Crippen molar-refractivity contribution in [2.75, 3.05) is 13.2 Å². The second kappa shape index (κ2) is 8.63. The molecule has 0 bridgehead atoms. The third-order valence-electron chi connectivity index (χ3n) is 5.35. The van der Waals surface area contributed by atoms with Gasteiger partial charge in [-0.2, -0.15) is 52.7 Å². The fourth-order valence-electron chi connectivity index (χ4n) is 4.15. The summed E-state index contributed by atoms with van der Waals surface area (Å²) in [6.45, 7) is 4.38. The van der Waals surface area contributed by atoms with Crippen LogP contribution < -0.4 is 0 Å². The van der Waals surface area contributed by atoms with Gasteiger partial charge in [0.2, 0.25) is 0 Å². The van der Waals surface area contributed by atoms with Crippen molar-refractivity contribution >= 4 is 0 Å². The van der Waals surface area contributed by atoms with E-state index in [2.05, 4.69) is 22.6 Å². The average Bonchev–Trinajstić information content (AvgIpc) is 3.41. The summed E-state index contributed by atoms with van der Waals surface area (Å²) >= 11 is 0. The number of hydrogen-bond acceptors (Lipinski definition) is 3. The highest BCUT2D eigenvalue weighted by molar-refractivity contribution is 5.15. The van der Waals surface area contributed by atoms with E-state index in [1.165, 1.54) is 0 Å². The van der Waals surface area contributed by atoms with Crippen LogP contribution in [0, 0.1) is 11.8 Å². The Balaban J connectivity index is 2.84. The summed E-state index contributed by atoms with van der Waals surface area (Å²) in [6.07, 6.45) is -30.8. The van der Waals surface area contributed by atoms with Crippen molar-refractivity contribution in [2.24, 2.45) is 11.8 Å². The summed E-state index contributed by atoms with van der Waals surface area (Å²) in [5.74, 6) is -8.99. The summed E-state index contributed by atoms with van der Waals surface area (Å²) in [5.41, 5.74) is -7.50. The minimum atomic E-state index is -6.18. The Bertz CT molecular complexity index is 629. The molecule has 0 N–H and O–H groups in total. The van der Waals surface area contributed by atoms with Gasteiger partial charge in [-0.1, -0.05) is 12.2 Å². The predicted octanol–water partition coefficient (Wildman–Crippen LogP) is 5.91. The first-order valence-electron chi connectivity index (χ1n) is 9.19. The zero-order valence-electron chi connectivity index (χ0n) is 16.5. The molecule has 0 aliphatic carbocycles. The van der Waals surface area contributed by atoms with E-state index in [0.717, 1.165) is 0 Å². The molecule has 0 aromatic carbocycles. The maximum atomic E-state index is 13.7. The highest BCUT2D eigenvalue weighted by Crippen LogP contribution is 2.59. The predicted molar refractivity (Wildman–Crippen MR) is 86.9 cm³/mol. The van der Waals surface area contributed by atoms with Crippen molar-refractivity contribution in [2.45, 2.75) is 61.0 Å². The quantitative estimate of drug-likeness (QED) is 0.208. The highest BCUT2D eigenvalue weighted by Gasteiger charge is 2.77. The van der Waals surface area contributed by atoms with E-state index in [1.807, 2.05) is 0 Å². The summed E-state index contributed by atoms with van der Waals surface area (Å²) in [4.78, 5) is 0. The molecule has 2 rings (SSSR count). The molecule has 3 nitrogen and oxygen atoms in total. The van der Waals surface area contributed by atoms with Crippen LogP contribution in [0.5, 0.6) is 0 Å². The zero-order valence-corrected chi connectivity index (χ0v) is 16.5. The molecule has 0 saturated carbocycles. The van der Waals surface area contributed by atoms with E-state index < -0.39 is 86.0 Å². The van der Waals surface area contributed by atoms with Crippen LogP contribution in [0.4, 0.5) is 52.7 Å². The van der Waals surface area contributed by atoms with Gasteiger partial charge in [0.25, 0.3) is 0 Å². The first-order chi connectivity index (χ1) is 14.8. The molecule has 2 aliphatic rings. The molecule has 0 spiro atoms. The van der Waals surface area contributed by atoms with E-state index in [-0.39, 0.29) is 0 Å². The normalized spacial score (nSPS) is 25.5. The van der Waals surface area contributed by atoms with Crippen molar-refractivity contribution in [1.82, 2.24) is 0 Å². The molecule has 15 heteroatoms. The fourth-order valence-corrected chi connectivity index (χ4v) is 4.15. The van der Waals surface area contributed by atoms with Crippen molar-refractivity contribution in [3.05, 3.63) is 25.3 Å². The molecular formula is C18H18F12O3. The molecule has 4 unspecified atom stereocenters. The summed E-state index contributed by atoms with van der Waals surface area (Å²) in [7, 11) is 0. The third kappa shape index (κ3) is 5.61. The van der Waals surface area contributed by atoms with E-state index >= 15 is 0 Å². The Morgan fingerprint density at radius 3 is 1.03 bits per heavy atom. The van der Waals surface area contributed by atoms with E-state index in [9.17, 15) is 52.7 Å². The molecule has 2 fully saturated rings. The minimum absolute atomic E-state index is 0.481. The van der Waals surface area contributed by atoms with Crippen LogP contribution >= 0.6 is 0 Å². The number of hydrogen-bond donors (Lipinski definition) is 0. The summed E-state index contributed by atoms with van der Waals surface area (Å²) in [5, 5.41) is 0. The van der Waals surface area contributed by atoms with Gasteiger partial charge in [-0.15, -0.1) is 13.2 Å². The van der Waals surface area contributed by atoms with Crippen LogP contribution in [-0.4, -0.2) is 61.3 Å². The Hall–Kier alpha value is -1.48. The SMILES string of the molecule is C=CCC(OC(CC=C)(C1CO1)C(C(F)(F)F)C(F)(F)F)(C1CO1)C(C(F)(F)F)C(F)(F)F. The first kappa shape index (κ1) is 27.8. The largest absolute Gasteiger partial charge is 0.403 e. The summed E-state index contributed by atoms with van der Waals surface area (Å²) < 4.78 is 178. The molecule has 33 heavy (non-hydrogen) atoms. The number of rotatable bonds is 10. The molecule has 2 saturated heterocycles. The van der Waals surface area contributed by atoms with E-state index in [0.29, 0.717) is 12.2 Å². The second-order valence-electron chi connectivity index (χ2n) is 7.67. The van der Waals surface area contributed by atoms with Crippen molar-refractivity contribution in [3.63, 3.8) is 0 Å². The van der Waals surface area contributed by atoms with Gasteiger partial charge < -0.3 is 14.2 Å². The average molecular weight is 510 g/mol.